The molecule has 5 heteroatoms. The zero-order valence-corrected chi connectivity index (χ0v) is 9.54. The molecule has 3 N–H and O–H groups in total. The summed E-state index contributed by atoms with van der Waals surface area (Å²) in [4.78, 5) is 7.68. The molecular formula is C11H11ClN4. The Balaban J connectivity index is 2.44. The maximum atomic E-state index is 6.06. The van der Waals surface area contributed by atoms with Gasteiger partial charge in [-0.25, -0.2) is 4.98 Å². The first-order chi connectivity index (χ1) is 7.70. The van der Waals surface area contributed by atoms with Crippen molar-refractivity contribution in [3.8, 4) is 0 Å². The molecule has 0 atom stereocenters. The van der Waals surface area contributed by atoms with Crippen LogP contribution < -0.4 is 5.73 Å². The van der Waals surface area contributed by atoms with E-state index < -0.39 is 0 Å². The fourth-order valence-corrected chi connectivity index (χ4v) is 2.08. The fourth-order valence-electron chi connectivity index (χ4n) is 1.92. The second-order valence-corrected chi connectivity index (χ2v) is 4.24. The Morgan fingerprint density at radius 3 is 3.06 bits per heavy atom. The molecule has 0 saturated carbocycles. The number of benzene rings is 1. The molecule has 2 heterocycles. The minimum Gasteiger partial charge on any atom is -0.326 e. The molecule has 4 nitrogen and oxygen atoms in total. The summed E-state index contributed by atoms with van der Waals surface area (Å²) in [5.41, 5.74) is 9.53. The molecule has 0 fully saturated rings. The predicted molar refractivity (Wildman–Crippen MR) is 64.7 cm³/mol. The normalized spacial score (nSPS) is 11.7. The molecule has 0 saturated heterocycles. The Morgan fingerprint density at radius 1 is 1.50 bits per heavy atom. The topological polar surface area (TPSA) is 59.1 Å². The second-order valence-electron chi connectivity index (χ2n) is 3.83. The number of hydrogen-bond donors (Lipinski definition) is 2. The molecule has 0 amide bonds. The maximum absolute atomic E-state index is 6.06. The summed E-state index contributed by atoms with van der Waals surface area (Å²) in [6.45, 7) is 2.46. The number of hydrogen-bond acceptors (Lipinski definition) is 2. The molecule has 3 rings (SSSR count). The lowest BCUT2D eigenvalue weighted by Crippen LogP contribution is -1.95. The lowest BCUT2D eigenvalue weighted by Gasteiger charge is -1.97. The molecule has 82 valence electrons. The zero-order valence-electron chi connectivity index (χ0n) is 8.79. The van der Waals surface area contributed by atoms with Crippen LogP contribution in [0.25, 0.3) is 16.8 Å². The third-order valence-electron chi connectivity index (χ3n) is 2.83. The van der Waals surface area contributed by atoms with Crippen LogP contribution in [0.15, 0.2) is 18.3 Å². The van der Waals surface area contributed by atoms with Crippen LogP contribution in [0.1, 0.15) is 11.3 Å². The van der Waals surface area contributed by atoms with Gasteiger partial charge in [-0.3, -0.25) is 4.40 Å². The Bertz CT molecular complexity index is 680. The van der Waals surface area contributed by atoms with Gasteiger partial charge in [0, 0.05) is 23.5 Å². The van der Waals surface area contributed by atoms with Crippen molar-refractivity contribution in [2.75, 3.05) is 0 Å². The molecule has 0 aliphatic heterocycles. The van der Waals surface area contributed by atoms with E-state index in [-0.39, 0.29) is 0 Å². The number of nitrogens with zero attached hydrogens (tertiary/aromatic N) is 2. The predicted octanol–water partition coefficient (Wildman–Crippen LogP) is 2.24. The summed E-state index contributed by atoms with van der Waals surface area (Å²) >= 11 is 6.06. The van der Waals surface area contributed by atoms with Crippen molar-refractivity contribution in [3.05, 3.63) is 34.6 Å². The van der Waals surface area contributed by atoms with Gasteiger partial charge in [0.2, 0.25) is 5.78 Å². The van der Waals surface area contributed by atoms with Crippen LogP contribution in [0.2, 0.25) is 5.02 Å². The van der Waals surface area contributed by atoms with Crippen LogP contribution in [0.3, 0.4) is 0 Å². The second kappa shape index (κ2) is 3.23. The average molecular weight is 235 g/mol. The van der Waals surface area contributed by atoms with Gasteiger partial charge < -0.3 is 10.7 Å². The van der Waals surface area contributed by atoms with Gasteiger partial charge in [0.25, 0.3) is 0 Å². The molecule has 0 radical (unpaired) electrons. The number of halogens is 1. The minimum absolute atomic E-state index is 0.484. The summed E-state index contributed by atoms with van der Waals surface area (Å²) in [5.74, 6) is 0.806. The van der Waals surface area contributed by atoms with Gasteiger partial charge in [0.05, 0.1) is 11.0 Å². The third-order valence-corrected chi connectivity index (χ3v) is 3.24. The van der Waals surface area contributed by atoms with E-state index in [1.54, 1.807) is 0 Å². The number of aryl methyl sites for hydroxylation is 1. The minimum atomic E-state index is 0.484. The summed E-state index contributed by atoms with van der Waals surface area (Å²) in [6, 6.07) is 3.86. The van der Waals surface area contributed by atoms with Gasteiger partial charge in [0.15, 0.2) is 0 Å². The van der Waals surface area contributed by atoms with Crippen molar-refractivity contribution in [2.24, 2.45) is 5.73 Å². The smallest absolute Gasteiger partial charge is 0.212 e. The molecule has 0 unspecified atom stereocenters. The van der Waals surface area contributed by atoms with E-state index in [2.05, 4.69) is 9.97 Å². The van der Waals surface area contributed by atoms with E-state index >= 15 is 0 Å². The van der Waals surface area contributed by atoms with E-state index in [0.29, 0.717) is 6.54 Å². The summed E-state index contributed by atoms with van der Waals surface area (Å²) in [7, 11) is 0. The molecule has 2 aromatic heterocycles. The van der Waals surface area contributed by atoms with Gasteiger partial charge in [0.1, 0.15) is 0 Å². The van der Waals surface area contributed by atoms with E-state index in [0.717, 1.165) is 33.1 Å². The number of rotatable bonds is 1. The SMILES string of the molecule is Cc1c(Cl)ccc2c1nc1[nH]c(CN)cn12. The van der Waals surface area contributed by atoms with Gasteiger partial charge in [-0.15, -0.1) is 0 Å². The Labute approximate surface area is 97.0 Å². The van der Waals surface area contributed by atoms with Gasteiger partial charge in [-0.1, -0.05) is 11.6 Å². The van der Waals surface area contributed by atoms with Crippen molar-refractivity contribution in [3.63, 3.8) is 0 Å². The third kappa shape index (κ3) is 1.17. The first kappa shape index (κ1) is 9.69. The van der Waals surface area contributed by atoms with Crippen molar-refractivity contribution >= 4 is 28.4 Å². The number of fused-ring (bicyclic) bond motifs is 3. The van der Waals surface area contributed by atoms with E-state index in [1.165, 1.54) is 0 Å². The van der Waals surface area contributed by atoms with Crippen molar-refractivity contribution < 1.29 is 0 Å². The van der Waals surface area contributed by atoms with Crippen molar-refractivity contribution in [1.82, 2.24) is 14.4 Å². The van der Waals surface area contributed by atoms with Gasteiger partial charge in [-0.2, -0.15) is 0 Å². The molecule has 3 aromatic rings. The summed E-state index contributed by atoms with van der Waals surface area (Å²) in [5, 5.41) is 0.743. The van der Waals surface area contributed by atoms with Gasteiger partial charge in [-0.05, 0) is 24.6 Å². The Kier molecular flexibility index (Phi) is 1.96. The van der Waals surface area contributed by atoms with Crippen LogP contribution in [0, 0.1) is 6.92 Å². The highest BCUT2D eigenvalue weighted by atomic mass is 35.5. The molecule has 16 heavy (non-hydrogen) atoms. The number of imidazole rings is 2. The number of aromatic amines is 1. The number of aromatic nitrogens is 3. The average Bonchev–Trinajstić information content (AvgIpc) is 2.80. The van der Waals surface area contributed by atoms with Crippen molar-refractivity contribution in [2.45, 2.75) is 13.5 Å². The van der Waals surface area contributed by atoms with Crippen LogP contribution >= 0.6 is 11.6 Å². The number of H-pyrrole nitrogens is 1. The lowest BCUT2D eigenvalue weighted by molar-refractivity contribution is 1.01. The fraction of sp³-hybridized carbons (Fsp3) is 0.182. The van der Waals surface area contributed by atoms with Crippen LogP contribution in [-0.4, -0.2) is 14.4 Å². The lowest BCUT2D eigenvalue weighted by atomic mass is 10.2. The highest BCUT2D eigenvalue weighted by Gasteiger charge is 2.10. The quantitative estimate of drug-likeness (QED) is 0.678. The number of nitrogens with two attached hydrogens (primary N) is 1. The van der Waals surface area contributed by atoms with Crippen LogP contribution in [0.4, 0.5) is 0 Å². The molecule has 0 aliphatic carbocycles. The van der Waals surface area contributed by atoms with Crippen molar-refractivity contribution in [1.29, 1.82) is 0 Å². The first-order valence-electron chi connectivity index (χ1n) is 5.05. The Morgan fingerprint density at radius 2 is 2.31 bits per heavy atom. The van der Waals surface area contributed by atoms with E-state index in [4.69, 9.17) is 17.3 Å². The van der Waals surface area contributed by atoms with Crippen LogP contribution in [-0.2, 0) is 6.54 Å². The van der Waals surface area contributed by atoms with Gasteiger partial charge >= 0.3 is 0 Å². The highest BCUT2D eigenvalue weighted by molar-refractivity contribution is 6.32. The largest absolute Gasteiger partial charge is 0.326 e. The monoisotopic (exact) mass is 234 g/mol. The van der Waals surface area contributed by atoms with E-state index in [9.17, 15) is 0 Å². The maximum Gasteiger partial charge on any atom is 0.212 e. The highest BCUT2D eigenvalue weighted by Crippen LogP contribution is 2.25. The molecular weight excluding hydrogens is 224 g/mol. The van der Waals surface area contributed by atoms with Crippen LogP contribution in [0.5, 0.6) is 0 Å². The summed E-state index contributed by atoms with van der Waals surface area (Å²) < 4.78 is 2.00. The molecule has 1 aromatic carbocycles. The molecule has 0 spiro atoms. The molecule has 0 aliphatic rings. The number of nitrogens with one attached hydrogen (secondary N) is 1. The zero-order chi connectivity index (χ0) is 11.3. The first-order valence-corrected chi connectivity index (χ1v) is 5.43. The summed E-state index contributed by atoms with van der Waals surface area (Å²) in [6.07, 6.45) is 1.97. The van der Waals surface area contributed by atoms with E-state index in [1.807, 2.05) is 29.7 Å². The molecule has 0 bridgehead atoms. The standard InChI is InChI=1S/C11H11ClN4/c1-6-8(12)2-3-9-10(6)15-11-14-7(4-13)5-16(9)11/h2-3,5H,4,13H2,1H3,(H,14,15). The Hall–Kier alpha value is -1.52.